The number of carbonyl (C=O) groups excluding carboxylic acids is 2. The lowest BCUT2D eigenvalue weighted by Crippen LogP contribution is -2.35. The van der Waals surface area contributed by atoms with Gasteiger partial charge in [-0.2, -0.15) is 5.10 Å². The van der Waals surface area contributed by atoms with Gasteiger partial charge >= 0.3 is 5.97 Å². The van der Waals surface area contributed by atoms with Gasteiger partial charge in [-0.05, 0) is 72.6 Å². The number of amides is 1. The first-order valence-electron chi connectivity index (χ1n) is 10.6. The highest BCUT2D eigenvalue weighted by Gasteiger charge is 2.19. The van der Waals surface area contributed by atoms with Crippen molar-refractivity contribution in [1.29, 1.82) is 0 Å². The molecule has 0 saturated carbocycles. The van der Waals surface area contributed by atoms with E-state index in [1.165, 1.54) is 6.21 Å². The van der Waals surface area contributed by atoms with Crippen LogP contribution < -0.4 is 19.6 Å². The number of hydrogen-bond acceptors (Lipinski definition) is 6. The van der Waals surface area contributed by atoms with E-state index < -0.39 is 12.1 Å². The second kappa shape index (κ2) is 12.0. The van der Waals surface area contributed by atoms with Crippen molar-refractivity contribution < 1.29 is 23.8 Å². The number of carbonyl (C=O) groups is 2. The van der Waals surface area contributed by atoms with Crippen LogP contribution in [0, 0.1) is 0 Å². The second-order valence-electron chi connectivity index (χ2n) is 7.13. The Labute approximate surface area is 193 Å². The normalized spacial score (nSPS) is 11.6. The molecule has 3 rings (SSSR count). The van der Waals surface area contributed by atoms with Gasteiger partial charge < -0.3 is 14.2 Å². The third kappa shape index (κ3) is 7.21. The first-order chi connectivity index (χ1) is 16.1. The highest BCUT2D eigenvalue weighted by molar-refractivity contribution is 5.91. The van der Waals surface area contributed by atoms with E-state index in [1.54, 1.807) is 79.9 Å². The van der Waals surface area contributed by atoms with E-state index in [2.05, 4.69) is 10.5 Å². The quantitative estimate of drug-likeness (QED) is 0.213. The van der Waals surface area contributed by atoms with Gasteiger partial charge in [0, 0.05) is 0 Å². The van der Waals surface area contributed by atoms with Gasteiger partial charge in [0.1, 0.15) is 17.2 Å². The molecular formula is C26H26N2O5. The van der Waals surface area contributed by atoms with Crippen LogP contribution in [0.25, 0.3) is 0 Å². The minimum Gasteiger partial charge on any atom is -0.497 e. The Morgan fingerprint density at radius 3 is 2.18 bits per heavy atom. The summed E-state index contributed by atoms with van der Waals surface area (Å²) in [6.07, 6.45) is 2.17. The van der Waals surface area contributed by atoms with E-state index in [-0.39, 0.29) is 5.91 Å². The van der Waals surface area contributed by atoms with Crippen molar-refractivity contribution in [2.24, 2.45) is 5.10 Å². The first kappa shape index (κ1) is 23.5. The van der Waals surface area contributed by atoms with E-state index in [4.69, 9.17) is 14.2 Å². The number of hydrogen-bond donors (Lipinski definition) is 1. The molecule has 0 heterocycles. The van der Waals surface area contributed by atoms with Gasteiger partial charge in [0.25, 0.3) is 5.91 Å². The zero-order valence-electron chi connectivity index (χ0n) is 18.6. The standard InChI is InChI=1S/C26H26N2O5/c1-3-7-24(32-22-16-14-21(31-2)15-17-22)25(29)28-27-18-19-10-12-23(13-11-19)33-26(30)20-8-5-4-6-9-20/h4-6,8-18,24H,3,7H2,1-2H3,(H,28,29)/b27-18+. The van der Waals surface area contributed by atoms with Gasteiger partial charge in [0.05, 0.1) is 18.9 Å². The molecule has 0 aliphatic heterocycles. The Morgan fingerprint density at radius 1 is 0.909 bits per heavy atom. The van der Waals surface area contributed by atoms with Crippen LogP contribution in [0.4, 0.5) is 0 Å². The maximum atomic E-state index is 12.5. The minimum absolute atomic E-state index is 0.336. The molecule has 3 aromatic carbocycles. The highest BCUT2D eigenvalue weighted by Crippen LogP contribution is 2.19. The molecule has 0 bridgehead atoms. The number of rotatable bonds is 10. The van der Waals surface area contributed by atoms with Crippen molar-refractivity contribution in [3.8, 4) is 17.2 Å². The molecule has 0 aliphatic rings. The molecule has 1 amide bonds. The van der Waals surface area contributed by atoms with Gasteiger partial charge in [-0.3, -0.25) is 4.79 Å². The zero-order valence-corrected chi connectivity index (χ0v) is 18.6. The number of nitrogens with zero attached hydrogens (tertiary/aromatic N) is 1. The van der Waals surface area contributed by atoms with Gasteiger partial charge in [-0.25, -0.2) is 10.2 Å². The SMILES string of the molecule is CCCC(Oc1ccc(OC)cc1)C(=O)N/N=C/c1ccc(OC(=O)c2ccccc2)cc1. The van der Waals surface area contributed by atoms with Crippen LogP contribution in [0.3, 0.4) is 0 Å². The molecule has 7 heteroatoms. The smallest absolute Gasteiger partial charge is 0.343 e. The molecule has 0 fully saturated rings. The zero-order chi connectivity index (χ0) is 23.5. The Hall–Kier alpha value is -4.13. The van der Waals surface area contributed by atoms with Crippen molar-refractivity contribution in [2.75, 3.05) is 7.11 Å². The predicted molar refractivity (Wildman–Crippen MR) is 126 cm³/mol. The van der Waals surface area contributed by atoms with Crippen LogP contribution in [-0.4, -0.2) is 31.3 Å². The van der Waals surface area contributed by atoms with E-state index in [0.29, 0.717) is 29.2 Å². The molecule has 7 nitrogen and oxygen atoms in total. The molecule has 0 aliphatic carbocycles. The van der Waals surface area contributed by atoms with Crippen molar-refractivity contribution in [2.45, 2.75) is 25.9 Å². The summed E-state index contributed by atoms with van der Waals surface area (Å²) < 4.78 is 16.3. The second-order valence-corrected chi connectivity index (χ2v) is 7.13. The predicted octanol–water partition coefficient (Wildman–Crippen LogP) is 4.61. The number of benzene rings is 3. The fraction of sp³-hybridized carbons (Fsp3) is 0.192. The Balaban J connectivity index is 1.53. The lowest BCUT2D eigenvalue weighted by Gasteiger charge is -2.17. The van der Waals surface area contributed by atoms with Crippen molar-refractivity contribution >= 4 is 18.1 Å². The van der Waals surface area contributed by atoms with Crippen molar-refractivity contribution in [3.05, 3.63) is 90.0 Å². The average molecular weight is 447 g/mol. The van der Waals surface area contributed by atoms with Crippen LogP contribution in [-0.2, 0) is 4.79 Å². The van der Waals surface area contributed by atoms with Gasteiger partial charge in [-0.15, -0.1) is 0 Å². The topological polar surface area (TPSA) is 86.2 Å². The molecule has 0 spiro atoms. The van der Waals surface area contributed by atoms with E-state index in [9.17, 15) is 9.59 Å². The molecule has 0 radical (unpaired) electrons. The molecule has 1 N–H and O–H groups in total. The van der Waals surface area contributed by atoms with Crippen LogP contribution in [0.15, 0.2) is 84.0 Å². The van der Waals surface area contributed by atoms with Gasteiger partial charge in [-0.1, -0.05) is 31.5 Å². The molecular weight excluding hydrogens is 420 g/mol. The minimum atomic E-state index is -0.666. The summed E-state index contributed by atoms with van der Waals surface area (Å²) >= 11 is 0. The van der Waals surface area contributed by atoms with E-state index in [1.807, 2.05) is 13.0 Å². The van der Waals surface area contributed by atoms with Gasteiger partial charge in [0.2, 0.25) is 0 Å². The van der Waals surface area contributed by atoms with Crippen LogP contribution >= 0.6 is 0 Å². The molecule has 1 unspecified atom stereocenters. The summed E-state index contributed by atoms with van der Waals surface area (Å²) in [4.78, 5) is 24.6. The van der Waals surface area contributed by atoms with E-state index >= 15 is 0 Å². The average Bonchev–Trinajstić information content (AvgIpc) is 2.85. The number of esters is 1. The summed E-state index contributed by atoms with van der Waals surface area (Å²) in [6, 6.07) is 22.6. The monoisotopic (exact) mass is 446 g/mol. The number of methoxy groups -OCH3 is 1. The summed E-state index contributed by atoms with van der Waals surface area (Å²) in [5.74, 6) is 0.944. The van der Waals surface area contributed by atoms with Crippen molar-refractivity contribution in [1.82, 2.24) is 5.43 Å². The lowest BCUT2D eigenvalue weighted by molar-refractivity contribution is -0.128. The molecule has 3 aromatic rings. The van der Waals surface area contributed by atoms with Gasteiger partial charge in [0.15, 0.2) is 6.10 Å². The molecule has 0 saturated heterocycles. The molecule has 0 aromatic heterocycles. The number of nitrogens with one attached hydrogen (secondary N) is 1. The summed E-state index contributed by atoms with van der Waals surface area (Å²) in [7, 11) is 1.59. The van der Waals surface area contributed by atoms with Crippen LogP contribution in [0.5, 0.6) is 17.2 Å². The fourth-order valence-electron chi connectivity index (χ4n) is 2.93. The maximum Gasteiger partial charge on any atom is 0.343 e. The number of ether oxygens (including phenoxy) is 3. The molecule has 1 atom stereocenters. The largest absolute Gasteiger partial charge is 0.497 e. The van der Waals surface area contributed by atoms with Crippen LogP contribution in [0.2, 0.25) is 0 Å². The summed E-state index contributed by atoms with van der Waals surface area (Å²) in [5, 5.41) is 4.02. The lowest BCUT2D eigenvalue weighted by atomic mass is 10.2. The van der Waals surface area contributed by atoms with Crippen LogP contribution in [0.1, 0.15) is 35.7 Å². The summed E-state index contributed by atoms with van der Waals surface area (Å²) in [5.41, 5.74) is 3.73. The molecule has 33 heavy (non-hydrogen) atoms. The Bertz CT molecular complexity index is 1060. The Kier molecular flexibility index (Phi) is 8.59. The van der Waals surface area contributed by atoms with Crippen molar-refractivity contribution in [3.63, 3.8) is 0 Å². The Morgan fingerprint density at radius 2 is 1.55 bits per heavy atom. The fourth-order valence-corrected chi connectivity index (χ4v) is 2.93. The molecule has 170 valence electrons. The highest BCUT2D eigenvalue weighted by atomic mass is 16.5. The third-order valence-electron chi connectivity index (χ3n) is 4.67. The van der Waals surface area contributed by atoms with E-state index in [0.717, 1.165) is 12.0 Å². The summed E-state index contributed by atoms with van der Waals surface area (Å²) in [6.45, 7) is 1.98. The maximum absolute atomic E-state index is 12.5. The third-order valence-corrected chi connectivity index (χ3v) is 4.67. The first-order valence-corrected chi connectivity index (χ1v) is 10.6. The number of hydrazone groups is 1.